The van der Waals surface area contributed by atoms with Crippen LogP contribution in [-0.2, 0) is 0 Å². The smallest absolute Gasteiger partial charge is 0.203 e. The maximum Gasteiger partial charge on any atom is 0.203 e. The van der Waals surface area contributed by atoms with E-state index in [1.807, 2.05) is 0 Å². The Balaban J connectivity index is 0.00000256. The Hall–Kier alpha value is -1.17. The second-order valence-corrected chi connectivity index (χ2v) is 3.39. The highest BCUT2D eigenvalue weighted by Crippen LogP contribution is 2.38. The molecule has 1 rings (SSSR count). The first kappa shape index (κ1) is 15.8. The summed E-state index contributed by atoms with van der Waals surface area (Å²) < 4.78 is 10.1. The third kappa shape index (κ3) is 3.66. The summed E-state index contributed by atoms with van der Waals surface area (Å²) in [5, 5.41) is 18.5. The third-order valence-electron chi connectivity index (χ3n) is 2.35. The van der Waals surface area contributed by atoms with Crippen molar-refractivity contribution in [2.45, 2.75) is 12.5 Å². The number of aliphatic hydroxyl groups is 1. The van der Waals surface area contributed by atoms with Crippen LogP contribution in [0.4, 0.5) is 0 Å². The van der Waals surface area contributed by atoms with Gasteiger partial charge in [-0.3, -0.25) is 0 Å². The summed E-state index contributed by atoms with van der Waals surface area (Å²) >= 11 is 0. The van der Waals surface area contributed by atoms with E-state index in [0.717, 1.165) is 0 Å². The Kier molecular flexibility index (Phi) is 6.72. The summed E-state index contributed by atoms with van der Waals surface area (Å²) in [7, 11) is 2.93. The van der Waals surface area contributed by atoms with Gasteiger partial charge in [0, 0.05) is 12.6 Å². The Bertz CT molecular complexity index is 360. The first-order valence-electron chi connectivity index (χ1n) is 4.95. The summed E-state index contributed by atoms with van der Waals surface area (Å²) in [5.41, 5.74) is 6.52. The van der Waals surface area contributed by atoms with Crippen molar-refractivity contribution in [3.63, 3.8) is 0 Å². The van der Waals surface area contributed by atoms with E-state index in [9.17, 15) is 5.11 Å². The van der Waals surface area contributed by atoms with E-state index >= 15 is 0 Å². The molecule has 5 nitrogen and oxygen atoms in total. The molecule has 0 bridgehead atoms. The van der Waals surface area contributed by atoms with E-state index in [4.69, 9.17) is 20.3 Å². The molecule has 0 aromatic heterocycles. The predicted molar refractivity (Wildman–Crippen MR) is 67.1 cm³/mol. The molecule has 0 spiro atoms. The number of benzene rings is 1. The zero-order chi connectivity index (χ0) is 12.1. The van der Waals surface area contributed by atoms with Crippen molar-refractivity contribution < 1.29 is 19.7 Å². The molecule has 0 aliphatic carbocycles. The summed E-state index contributed by atoms with van der Waals surface area (Å²) in [6.07, 6.45) is 0.426. The molecule has 0 heterocycles. The molecular weight excluding hydrogens is 246 g/mol. The average molecular weight is 264 g/mol. The largest absolute Gasteiger partial charge is 0.504 e. The molecule has 0 amide bonds. The molecular formula is C11H18ClNO4. The Morgan fingerprint density at radius 1 is 1.29 bits per heavy atom. The topological polar surface area (TPSA) is 84.9 Å². The van der Waals surface area contributed by atoms with Crippen LogP contribution in [0.3, 0.4) is 0 Å². The molecule has 1 aromatic carbocycles. The normalized spacial score (nSPS) is 11.5. The van der Waals surface area contributed by atoms with Gasteiger partial charge in [0.1, 0.15) is 0 Å². The fourth-order valence-corrected chi connectivity index (χ4v) is 1.48. The number of hydrogen-bond donors (Lipinski definition) is 3. The standard InChI is InChI=1S/C11H17NO4.ClH/c1-15-10-6-7(8(12)3-4-13)5-9(14)11(10)16-2;/h5-6,8,13-14H,3-4,12H2,1-2H3;1H. The van der Waals surface area contributed by atoms with Crippen LogP contribution < -0.4 is 15.2 Å². The van der Waals surface area contributed by atoms with Gasteiger partial charge >= 0.3 is 0 Å². The van der Waals surface area contributed by atoms with Gasteiger partial charge < -0.3 is 25.4 Å². The van der Waals surface area contributed by atoms with Crippen LogP contribution >= 0.6 is 12.4 Å². The van der Waals surface area contributed by atoms with Crippen LogP contribution in [0.25, 0.3) is 0 Å². The first-order chi connectivity index (χ1) is 7.63. The number of ether oxygens (including phenoxy) is 2. The number of hydrogen-bond acceptors (Lipinski definition) is 5. The Morgan fingerprint density at radius 2 is 1.94 bits per heavy atom. The number of halogens is 1. The fourth-order valence-electron chi connectivity index (χ4n) is 1.48. The maximum absolute atomic E-state index is 9.70. The number of aliphatic hydroxyl groups excluding tert-OH is 1. The quantitative estimate of drug-likeness (QED) is 0.744. The lowest BCUT2D eigenvalue weighted by Crippen LogP contribution is -2.12. The van der Waals surface area contributed by atoms with E-state index in [-0.39, 0.29) is 36.6 Å². The molecule has 98 valence electrons. The minimum absolute atomic E-state index is 0. The van der Waals surface area contributed by atoms with Crippen molar-refractivity contribution in [1.82, 2.24) is 0 Å². The number of aromatic hydroxyl groups is 1. The van der Waals surface area contributed by atoms with Crippen LogP contribution in [-0.4, -0.2) is 31.0 Å². The van der Waals surface area contributed by atoms with E-state index in [1.54, 1.807) is 6.07 Å². The summed E-state index contributed by atoms with van der Waals surface area (Å²) in [6, 6.07) is 2.87. The van der Waals surface area contributed by atoms with E-state index in [1.165, 1.54) is 20.3 Å². The highest BCUT2D eigenvalue weighted by Gasteiger charge is 2.14. The van der Waals surface area contributed by atoms with Gasteiger partial charge in [-0.2, -0.15) is 0 Å². The summed E-state index contributed by atoms with van der Waals surface area (Å²) in [6.45, 7) is -0.00370. The fraction of sp³-hybridized carbons (Fsp3) is 0.455. The van der Waals surface area contributed by atoms with Gasteiger partial charge in [0.25, 0.3) is 0 Å². The molecule has 1 unspecified atom stereocenters. The van der Waals surface area contributed by atoms with Crippen LogP contribution in [0.15, 0.2) is 12.1 Å². The second kappa shape index (κ2) is 7.21. The van der Waals surface area contributed by atoms with Gasteiger partial charge in [0.2, 0.25) is 5.75 Å². The Labute approximate surface area is 107 Å². The SMILES string of the molecule is COc1cc(C(N)CCO)cc(O)c1OC.Cl. The monoisotopic (exact) mass is 263 g/mol. The van der Waals surface area contributed by atoms with E-state index < -0.39 is 0 Å². The van der Waals surface area contributed by atoms with Crippen molar-refractivity contribution in [1.29, 1.82) is 0 Å². The molecule has 0 saturated heterocycles. The molecule has 17 heavy (non-hydrogen) atoms. The van der Waals surface area contributed by atoms with Crippen molar-refractivity contribution in [3.8, 4) is 17.2 Å². The highest BCUT2D eigenvalue weighted by molar-refractivity contribution is 5.85. The number of phenolic OH excluding ortho intramolecular Hbond substituents is 1. The highest BCUT2D eigenvalue weighted by atomic mass is 35.5. The lowest BCUT2D eigenvalue weighted by atomic mass is 10.0. The Morgan fingerprint density at radius 3 is 2.41 bits per heavy atom. The predicted octanol–water partition coefficient (Wildman–Crippen LogP) is 1.21. The van der Waals surface area contributed by atoms with Gasteiger partial charge in [0.05, 0.1) is 14.2 Å². The summed E-state index contributed by atoms with van der Waals surface area (Å²) in [5.74, 6) is 0.679. The van der Waals surface area contributed by atoms with Gasteiger partial charge in [-0.25, -0.2) is 0 Å². The maximum atomic E-state index is 9.70. The van der Waals surface area contributed by atoms with Crippen molar-refractivity contribution in [2.75, 3.05) is 20.8 Å². The molecule has 0 radical (unpaired) electrons. The minimum atomic E-state index is -0.337. The molecule has 0 fully saturated rings. The van der Waals surface area contributed by atoms with Crippen LogP contribution in [0.2, 0.25) is 0 Å². The molecule has 1 atom stereocenters. The third-order valence-corrected chi connectivity index (χ3v) is 2.35. The van der Waals surface area contributed by atoms with Gasteiger partial charge in [-0.05, 0) is 24.1 Å². The number of methoxy groups -OCH3 is 2. The zero-order valence-electron chi connectivity index (χ0n) is 9.84. The summed E-state index contributed by atoms with van der Waals surface area (Å²) in [4.78, 5) is 0. The van der Waals surface area contributed by atoms with E-state index in [2.05, 4.69) is 0 Å². The van der Waals surface area contributed by atoms with Crippen molar-refractivity contribution in [2.24, 2.45) is 5.73 Å². The van der Waals surface area contributed by atoms with Crippen LogP contribution in [0.1, 0.15) is 18.0 Å². The van der Waals surface area contributed by atoms with Crippen molar-refractivity contribution in [3.05, 3.63) is 17.7 Å². The number of nitrogens with two attached hydrogens (primary N) is 1. The van der Waals surface area contributed by atoms with Crippen molar-refractivity contribution >= 4 is 12.4 Å². The molecule has 4 N–H and O–H groups in total. The minimum Gasteiger partial charge on any atom is -0.504 e. The van der Waals surface area contributed by atoms with Gasteiger partial charge in [-0.15, -0.1) is 12.4 Å². The average Bonchev–Trinajstić information content (AvgIpc) is 2.28. The lowest BCUT2D eigenvalue weighted by Gasteiger charge is -2.15. The molecule has 1 aromatic rings. The lowest BCUT2D eigenvalue weighted by molar-refractivity contribution is 0.276. The zero-order valence-corrected chi connectivity index (χ0v) is 10.7. The second-order valence-electron chi connectivity index (χ2n) is 3.39. The van der Waals surface area contributed by atoms with E-state index in [0.29, 0.717) is 17.7 Å². The molecule has 0 aliphatic rings. The van der Waals surface area contributed by atoms with Gasteiger partial charge in [0.15, 0.2) is 11.5 Å². The van der Waals surface area contributed by atoms with Crippen LogP contribution in [0.5, 0.6) is 17.2 Å². The number of phenols is 1. The molecule has 0 saturated carbocycles. The van der Waals surface area contributed by atoms with Gasteiger partial charge in [-0.1, -0.05) is 0 Å². The molecule has 6 heteroatoms. The first-order valence-corrected chi connectivity index (χ1v) is 4.95. The van der Waals surface area contributed by atoms with Crippen LogP contribution in [0, 0.1) is 0 Å². The number of rotatable bonds is 5. The molecule has 0 aliphatic heterocycles.